The van der Waals surface area contributed by atoms with E-state index in [2.05, 4.69) is 21.2 Å². The summed E-state index contributed by atoms with van der Waals surface area (Å²) in [7, 11) is 0. The van der Waals surface area contributed by atoms with E-state index in [0.29, 0.717) is 16.8 Å². The summed E-state index contributed by atoms with van der Waals surface area (Å²) in [5, 5.41) is 2.73. The van der Waals surface area contributed by atoms with Gasteiger partial charge in [-0.1, -0.05) is 15.9 Å². The van der Waals surface area contributed by atoms with Gasteiger partial charge in [-0.2, -0.15) is 0 Å². The van der Waals surface area contributed by atoms with Crippen LogP contribution < -0.4 is 11.1 Å². The van der Waals surface area contributed by atoms with E-state index in [9.17, 15) is 9.18 Å². The van der Waals surface area contributed by atoms with Crippen molar-refractivity contribution in [2.75, 3.05) is 5.73 Å². The summed E-state index contributed by atoms with van der Waals surface area (Å²) in [4.78, 5) is 11.9. The highest BCUT2D eigenvalue weighted by Gasteiger charge is 2.07. The average molecular weight is 323 g/mol. The number of nitrogens with one attached hydrogen (secondary N) is 1. The van der Waals surface area contributed by atoms with Crippen LogP contribution in [-0.2, 0) is 6.54 Å². The number of rotatable bonds is 3. The van der Waals surface area contributed by atoms with Gasteiger partial charge in [-0.3, -0.25) is 4.79 Å². The molecule has 0 bridgehead atoms. The predicted octanol–water partition coefficient (Wildman–Crippen LogP) is 3.10. The molecule has 3 N–H and O–H groups in total. The van der Waals surface area contributed by atoms with E-state index in [1.54, 1.807) is 30.3 Å². The first-order valence-electron chi connectivity index (χ1n) is 5.64. The number of hydrogen-bond acceptors (Lipinski definition) is 2. The zero-order valence-corrected chi connectivity index (χ0v) is 11.6. The Morgan fingerprint density at radius 2 is 1.89 bits per heavy atom. The molecule has 0 spiro atoms. The van der Waals surface area contributed by atoms with Gasteiger partial charge >= 0.3 is 0 Å². The number of carbonyl (C=O) groups is 1. The second-order valence-electron chi connectivity index (χ2n) is 4.04. The Morgan fingerprint density at radius 3 is 2.58 bits per heavy atom. The zero-order valence-electron chi connectivity index (χ0n) is 9.99. The van der Waals surface area contributed by atoms with Crippen molar-refractivity contribution in [1.82, 2.24) is 5.32 Å². The van der Waals surface area contributed by atoms with Crippen LogP contribution in [0.5, 0.6) is 0 Å². The first-order valence-corrected chi connectivity index (χ1v) is 6.43. The summed E-state index contributed by atoms with van der Waals surface area (Å²) in [6.45, 7) is 0.252. The maximum absolute atomic E-state index is 13.1. The lowest BCUT2D eigenvalue weighted by Crippen LogP contribution is -2.23. The Hall–Kier alpha value is -1.88. The van der Waals surface area contributed by atoms with Crippen LogP contribution in [0.1, 0.15) is 15.9 Å². The van der Waals surface area contributed by atoms with Crippen molar-refractivity contribution >= 4 is 27.5 Å². The van der Waals surface area contributed by atoms with Gasteiger partial charge in [0.1, 0.15) is 5.82 Å². The standard InChI is InChI=1S/C14H12BrFN2O/c15-13-6-3-11(16)7-10(13)8-18-14(19)9-1-4-12(17)5-2-9/h1-7H,8,17H2,(H,18,19). The third-order valence-electron chi connectivity index (χ3n) is 2.62. The number of nitrogen functional groups attached to an aromatic ring is 1. The first kappa shape index (κ1) is 13.5. The van der Waals surface area contributed by atoms with E-state index in [1.165, 1.54) is 12.1 Å². The normalized spacial score (nSPS) is 10.2. The van der Waals surface area contributed by atoms with Crippen molar-refractivity contribution in [3.05, 3.63) is 63.9 Å². The number of nitrogens with two attached hydrogens (primary N) is 1. The van der Waals surface area contributed by atoms with Crippen molar-refractivity contribution in [3.8, 4) is 0 Å². The van der Waals surface area contributed by atoms with Crippen LogP contribution >= 0.6 is 15.9 Å². The second-order valence-corrected chi connectivity index (χ2v) is 4.89. The summed E-state index contributed by atoms with van der Waals surface area (Å²) in [6, 6.07) is 11.0. The molecule has 0 radical (unpaired) electrons. The fourth-order valence-corrected chi connectivity index (χ4v) is 1.98. The molecular formula is C14H12BrFN2O. The van der Waals surface area contributed by atoms with E-state index in [-0.39, 0.29) is 18.3 Å². The fraction of sp³-hybridized carbons (Fsp3) is 0.0714. The number of anilines is 1. The van der Waals surface area contributed by atoms with E-state index in [0.717, 1.165) is 4.47 Å². The van der Waals surface area contributed by atoms with Crippen molar-refractivity contribution in [2.24, 2.45) is 0 Å². The van der Waals surface area contributed by atoms with Gasteiger partial charge in [0.05, 0.1) is 0 Å². The lowest BCUT2D eigenvalue weighted by atomic mass is 10.2. The molecule has 0 aromatic heterocycles. The largest absolute Gasteiger partial charge is 0.399 e. The quantitative estimate of drug-likeness (QED) is 0.853. The molecule has 2 aromatic carbocycles. The minimum Gasteiger partial charge on any atom is -0.399 e. The van der Waals surface area contributed by atoms with Crippen molar-refractivity contribution in [3.63, 3.8) is 0 Å². The third-order valence-corrected chi connectivity index (χ3v) is 3.39. The summed E-state index contributed by atoms with van der Waals surface area (Å²) in [5.41, 5.74) is 7.35. The minimum absolute atomic E-state index is 0.226. The Morgan fingerprint density at radius 1 is 1.21 bits per heavy atom. The van der Waals surface area contributed by atoms with Crippen LogP contribution in [-0.4, -0.2) is 5.91 Å². The molecule has 5 heteroatoms. The number of amides is 1. The van der Waals surface area contributed by atoms with Gasteiger partial charge in [-0.15, -0.1) is 0 Å². The van der Waals surface area contributed by atoms with Gasteiger partial charge in [0.25, 0.3) is 5.91 Å². The molecule has 0 aliphatic carbocycles. The summed E-state index contributed by atoms with van der Waals surface area (Å²) in [6.07, 6.45) is 0. The summed E-state index contributed by atoms with van der Waals surface area (Å²) < 4.78 is 13.8. The molecular weight excluding hydrogens is 311 g/mol. The Labute approximate surface area is 118 Å². The van der Waals surface area contributed by atoms with E-state index < -0.39 is 0 Å². The van der Waals surface area contributed by atoms with Crippen molar-refractivity contribution in [1.29, 1.82) is 0 Å². The Bertz CT molecular complexity index is 599. The molecule has 0 atom stereocenters. The highest BCUT2D eigenvalue weighted by Crippen LogP contribution is 2.17. The molecule has 2 rings (SSSR count). The van der Waals surface area contributed by atoms with Gasteiger partial charge in [0, 0.05) is 22.3 Å². The van der Waals surface area contributed by atoms with Gasteiger partial charge in [0.15, 0.2) is 0 Å². The summed E-state index contributed by atoms with van der Waals surface area (Å²) >= 11 is 3.31. The lowest BCUT2D eigenvalue weighted by molar-refractivity contribution is 0.0951. The monoisotopic (exact) mass is 322 g/mol. The average Bonchev–Trinajstić information content (AvgIpc) is 2.40. The second kappa shape index (κ2) is 5.84. The highest BCUT2D eigenvalue weighted by atomic mass is 79.9. The number of carbonyl (C=O) groups excluding carboxylic acids is 1. The molecule has 3 nitrogen and oxygen atoms in total. The highest BCUT2D eigenvalue weighted by molar-refractivity contribution is 9.10. The van der Waals surface area contributed by atoms with Gasteiger partial charge in [-0.25, -0.2) is 4.39 Å². The third kappa shape index (κ3) is 3.54. The minimum atomic E-state index is -0.333. The number of benzene rings is 2. The van der Waals surface area contributed by atoms with Crippen LogP contribution in [0.2, 0.25) is 0 Å². The van der Waals surface area contributed by atoms with Crippen molar-refractivity contribution < 1.29 is 9.18 Å². The lowest BCUT2D eigenvalue weighted by Gasteiger charge is -2.07. The van der Waals surface area contributed by atoms with E-state index in [4.69, 9.17) is 5.73 Å². The molecule has 0 aliphatic rings. The predicted molar refractivity (Wildman–Crippen MR) is 76.1 cm³/mol. The molecule has 0 fully saturated rings. The topological polar surface area (TPSA) is 55.1 Å². The maximum Gasteiger partial charge on any atom is 0.251 e. The Balaban J connectivity index is 2.04. The van der Waals surface area contributed by atoms with Crippen LogP contribution in [0.25, 0.3) is 0 Å². The first-order chi connectivity index (χ1) is 9.06. The van der Waals surface area contributed by atoms with Crippen LogP contribution in [0, 0.1) is 5.82 Å². The van der Waals surface area contributed by atoms with Gasteiger partial charge in [0.2, 0.25) is 0 Å². The molecule has 98 valence electrons. The van der Waals surface area contributed by atoms with Gasteiger partial charge < -0.3 is 11.1 Å². The summed E-state index contributed by atoms with van der Waals surface area (Å²) in [5.74, 6) is -0.559. The SMILES string of the molecule is Nc1ccc(C(=O)NCc2cc(F)ccc2Br)cc1. The fourth-order valence-electron chi connectivity index (χ4n) is 1.59. The zero-order chi connectivity index (χ0) is 13.8. The molecule has 0 unspecified atom stereocenters. The van der Waals surface area contributed by atoms with Crippen LogP contribution in [0.4, 0.5) is 10.1 Å². The smallest absolute Gasteiger partial charge is 0.251 e. The van der Waals surface area contributed by atoms with Crippen LogP contribution in [0.15, 0.2) is 46.9 Å². The molecule has 19 heavy (non-hydrogen) atoms. The van der Waals surface area contributed by atoms with Crippen LogP contribution in [0.3, 0.4) is 0 Å². The molecule has 0 aliphatic heterocycles. The maximum atomic E-state index is 13.1. The van der Waals surface area contributed by atoms with E-state index in [1.807, 2.05) is 0 Å². The molecule has 2 aromatic rings. The van der Waals surface area contributed by atoms with Crippen molar-refractivity contribution in [2.45, 2.75) is 6.54 Å². The van der Waals surface area contributed by atoms with E-state index >= 15 is 0 Å². The number of halogens is 2. The molecule has 0 saturated carbocycles. The van der Waals surface area contributed by atoms with Gasteiger partial charge in [-0.05, 0) is 48.0 Å². The molecule has 1 amide bonds. The Kier molecular flexibility index (Phi) is 4.16. The molecule has 0 heterocycles. The number of hydrogen-bond donors (Lipinski definition) is 2. The molecule has 0 saturated heterocycles.